The van der Waals surface area contributed by atoms with Crippen molar-refractivity contribution < 1.29 is 17.9 Å². The zero-order valence-corrected chi connectivity index (χ0v) is 17.9. The van der Waals surface area contributed by atoms with E-state index in [9.17, 15) is 13.2 Å². The summed E-state index contributed by atoms with van der Waals surface area (Å²) in [4.78, 5) is 18.5. The summed E-state index contributed by atoms with van der Waals surface area (Å²) in [6.07, 6.45) is 0.481. The number of carbonyl (C=O) groups excluding carboxylic acids is 1. The second-order valence-electron chi connectivity index (χ2n) is 6.57. The minimum absolute atomic E-state index is 0.0272. The van der Waals surface area contributed by atoms with Crippen molar-refractivity contribution in [3.05, 3.63) is 35.1 Å². The average Bonchev–Trinajstić information content (AvgIpc) is 3.25. The normalized spacial score (nSPS) is 19.3. The third-order valence-electron chi connectivity index (χ3n) is 4.43. The Bertz CT molecular complexity index is 933. The number of aromatic amines is 1. The van der Waals surface area contributed by atoms with Crippen molar-refractivity contribution in [1.29, 1.82) is 0 Å². The Labute approximate surface area is 172 Å². The van der Waals surface area contributed by atoms with Crippen molar-refractivity contribution in [3.8, 4) is 5.75 Å². The molecule has 8 nitrogen and oxygen atoms in total. The molecular weight excluding hydrogens is 424 g/mol. The number of hydrogen-bond donors (Lipinski definition) is 1. The lowest BCUT2D eigenvalue weighted by molar-refractivity contribution is -0.130. The van der Waals surface area contributed by atoms with Crippen LogP contribution in [0.1, 0.15) is 19.2 Å². The van der Waals surface area contributed by atoms with E-state index in [2.05, 4.69) is 15.2 Å². The highest BCUT2D eigenvalue weighted by Crippen LogP contribution is 2.24. The van der Waals surface area contributed by atoms with Gasteiger partial charge in [-0.3, -0.25) is 9.89 Å². The minimum atomic E-state index is -3.04. The van der Waals surface area contributed by atoms with E-state index in [1.54, 1.807) is 38.2 Å². The number of sulfone groups is 1. The number of nitrogens with zero attached hydrogens (tertiary/aromatic N) is 3. The first kappa shape index (κ1) is 20.9. The number of H-pyrrole nitrogens is 1. The predicted molar refractivity (Wildman–Crippen MR) is 107 cm³/mol. The SMILES string of the molecule is C[C@H](Sc1n[nH]c(COc2ccc(Cl)cc2)n1)C(=O)N(C)[C@H]1CCS(=O)(=O)C1. The van der Waals surface area contributed by atoms with Crippen molar-refractivity contribution in [3.63, 3.8) is 0 Å². The topological polar surface area (TPSA) is 105 Å². The molecule has 1 amide bonds. The monoisotopic (exact) mass is 444 g/mol. The molecule has 0 radical (unpaired) electrons. The highest BCUT2D eigenvalue weighted by molar-refractivity contribution is 8.00. The van der Waals surface area contributed by atoms with Crippen LogP contribution in [0.25, 0.3) is 0 Å². The van der Waals surface area contributed by atoms with Gasteiger partial charge in [-0.25, -0.2) is 13.4 Å². The molecule has 0 unspecified atom stereocenters. The number of hydrogen-bond acceptors (Lipinski definition) is 7. The van der Waals surface area contributed by atoms with Gasteiger partial charge in [0.05, 0.1) is 16.8 Å². The molecule has 1 aromatic heterocycles. The molecule has 28 heavy (non-hydrogen) atoms. The van der Waals surface area contributed by atoms with E-state index in [0.29, 0.717) is 28.2 Å². The Morgan fingerprint density at radius 3 is 2.79 bits per heavy atom. The molecule has 1 N–H and O–H groups in total. The van der Waals surface area contributed by atoms with Crippen LogP contribution in [-0.4, -0.2) is 64.3 Å². The van der Waals surface area contributed by atoms with Crippen molar-refractivity contribution in [2.75, 3.05) is 18.6 Å². The Morgan fingerprint density at radius 1 is 1.43 bits per heavy atom. The van der Waals surface area contributed by atoms with E-state index >= 15 is 0 Å². The van der Waals surface area contributed by atoms with Crippen LogP contribution >= 0.6 is 23.4 Å². The van der Waals surface area contributed by atoms with E-state index in [1.807, 2.05) is 0 Å². The fourth-order valence-corrected chi connectivity index (χ4v) is 5.58. The molecule has 1 aromatic carbocycles. The van der Waals surface area contributed by atoms with Crippen molar-refractivity contribution in [2.24, 2.45) is 0 Å². The van der Waals surface area contributed by atoms with Crippen LogP contribution in [0.15, 0.2) is 29.4 Å². The summed E-state index contributed by atoms with van der Waals surface area (Å²) in [6, 6.07) is 6.72. The van der Waals surface area contributed by atoms with Crippen molar-refractivity contribution in [1.82, 2.24) is 20.1 Å². The van der Waals surface area contributed by atoms with Crippen LogP contribution in [0, 0.1) is 0 Å². The van der Waals surface area contributed by atoms with E-state index in [0.717, 1.165) is 0 Å². The minimum Gasteiger partial charge on any atom is -0.486 e. The van der Waals surface area contributed by atoms with E-state index < -0.39 is 15.1 Å². The first-order chi connectivity index (χ1) is 13.2. The van der Waals surface area contributed by atoms with Crippen LogP contribution in [-0.2, 0) is 21.2 Å². The second-order valence-corrected chi connectivity index (χ2v) is 10.5. The van der Waals surface area contributed by atoms with Gasteiger partial charge in [0.15, 0.2) is 15.7 Å². The number of ether oxygens (including phenoxy) is 1. The first-order valence-corrected chi connectivity index (χ1v) is 11.7. The van der Waals surface area contributed by atoms with Gasteiger partial charge in [0.2, 0.25) is 11.1 Å². The number of benzene rings is 1. The number of halogens is 1. The molecule has 1 aliphatic rings. The number of aromatic nitrogens is 3. The molecule has 2 aromatic rings. The fourth-order valence-electron chi connectivity index (χ4n) is 2.83. The lowest BCUT2D eigenvalue weighted by atomic mass is 10.2. The van der Waals surface area contributed by atoms with Crippen LogP contribution in [0.5, 0.6) is 5.75 Å². The number of nitrogens with one attached hydrogen (secondary N) is 1. The Hall–Kier alpha value is -1.78. The van der Waals surface area contributed by atoms with Crippen LogP contribution < -0.4 is 4.74 Å². The molecule has 0 aliphatic carbocycles. The van der Waals surface area contributed by atoms with Crippen LogP contribution in [0.4, 0.5) is 0 Å². The molecule has 1 saturated heterocycles. The highest BCUT2D eigenvalue weighted by Gasteiger charge is 2.34. The summed E-state index contributed by atoms with van der Waals surface area (Å²) < 4.78 is 28.9. The molecule has 2 atom stereocenters. The lowest BCUT2D eigenvalue weighted by Crippen LogP contribution is -2.41. The van der Waals surface area contributed by atoms with Gasteiger partial charge >= 0.3 is 0 Å². The number of carbonyl (C=O) groups is 1. The number of rotatable bonds is 7. The summed E-state index contributed by atoms with van der Waals surface area (Å²) in [5, 5.41) is 7.52. The van der Waals surface area contributed by atoms with Crippen molar-refractivity contribution >= 4 is 39.1 Å². The molecule has 152 valence electrons. The molecule has 2 heterocycles. The van der Waals surface area contributed by atoms with Gasteiger partial charge in [0.1, 0.15) is 12.4 Å². The largest absolute Gasteiger partial charge is 0.486 e. The molecule has 0 bridgehead atoms. The Morgan fingerprint density at radius 2 is 2.14 bits per heavy atom. The highest BCUT2D eigenvalue weighted by atomic mass is 35.5. The van der Waals surface area contributed by atoms with Gasteiger partial charge in [0.25, 0.3) is 0 Å². The summed E-state index contributed by atoms with van der Waals surface area (Å²) in [5.74, 6) is 1.21. The molecule has 0 spiro atoms. The van der Waals surface area contributed by atoms with Gasteiger partial charge in [-0.1, -0.05) is 23.4 Å². The van der Waals surface area contributed by atoms with Crippen LogP contribution in [0.2, 0.25) is 5.02 Å². The molecular formula is C17H21ClN4O4S2. The number of thioether (sulfide) groups is 1. The maximum atomic E-state index is 12.6. The second kappa shape index (κ2) is 8.71. The third-order valence-corrected chi connectivity index (χ3v) is 7.39. The van der Waals surface area contributed by atoms with Gasteiger partial charge in [-0.15, -0.1) is 5.10 Å². The molecule has 1 aliphatic heterocycles. The Balaban J connectivity index is 1.52. The van der Waals surface area contributed by atoms with E-state index in [-0.39, 0.29) is 30.1 Å². The standard InChI is InChI=1S/C17H21ClN4O4S2/c1-11(16(23)22(2)13-7-8-28(24,25)10-13)27-17-19-15(20-21-17)9-26-14-5-3-12(18)4-6-14/h3-6,11,13H,7-10H2,1-2H3,(H,19,20,21)/t11-,13-/m0/s1. The van der Waals surface area contributed by atoms with Gasteiger partial charge < -0.3 is 9.64 Å². The molecule has 1 fully saturated rings. The van der Waals surface area contributed by atoms with Gasteiger partial charge in [0, 0.05) is 18.1 Å². The lowest BCUT2D eigenvalue weighted by Gasteiger charge is -2.25. The zero-order valence-electron chi connectivity index (χ0n) is 15.5. The zero-order chi connectivity index (χ0) is 20.3. The maximum Gasteiger partial charge on any atom is 0.235 e. The summed E-state index contributed by atoms with van der Waals surface area (Å²) in [6.45, 7) is 1.96. The van der Waals surface area contributed by atoms with Gasteiger partial charge in [-0.05, 0) is 37.6 Å². The number of amides is 1. The van der Waals surface area contributed by atoms with E-state index in [4.69, 9.17) is 16.3 Å². The first-order valence-electron chi connectivity index (χ1n) is 8.67. The quantitative estimate of drug-likeness (QED) is 0.652. The summed E-state index contributed by atoms with van der Waals surface area (Å²) in [7, 11) is -1.39. The smallest absolute Gasteiger partial charge is 0.235 e. The van der Waals surface area contributed by atoms with E-state index in [1.165, 1.54) is 16.7 Å². The third kappa shape index (κ3) is 5.39. The summed E-state index contributed by atoms with van der Waals surface area (Å²) in [5.41, 5.74) is 0. The molecule has 11 heteroatoms. The molecule has 3 rings (SSSR count). The summed E-state index contributed by atoms with van der Waals surface area (Å²) >= 11 is 7.05. The molecule has 0 saturated carbocycles. The fraction of sp³-hybridized carbons (Fsp3) is 0.471. The predicted octanol–water partition coefficient (Wildman–Crippen LogP) is 2.16. The average molecular weight is 445 g/mol. The van der Waals surface area contributed by atoms with Crippen LogP contribution in [0.3, 0.4) is 0 Å². The maximum absolute atomic E-state index is 12.6. The van der Waals surface area contributed by atoms with Crippen molar-refractivity contribution in [2.45, 2.75) is 36.4 Å². The Kier molecular flexibility index (Phi) is 6.51. The van der Waals surface area contributed by atoms with Gasteiger partial charge in [-0.2, -0.15) is 0 Å².